The molecule has 0 bridgehead atoms. The fraction of sp³-hybridized carbons (Fsp3) is 0.643. The van der Waals surface area contributed by atoms with Crippen LogP contribution in [0.3, 0.4) is 0 Å². The van der Waals surface area contributed by atoms with Crippen LogP contribution in [0.15, 0.2) is 18.5 Å². The Morgan fingerprint density at radius 1 is 1.68 bits per heavy atom. The van der Waals surface area contributed by atoms with E-state index in [9.17, 15) is 10.1 Å². The number of nitrogens with zero attached hydrogens (tertiary/aromatic N) is 3. The van der Waals surface area contributed by atoms with E-state index in [1.165, 1.54) is 0 Å². The minimum Gasteiger partial charge on any atom is -0.336 e. The fourth-order valence-corrected chi connectivity index (χ4v) is 2.76. The predicted molar refractivity (Wildman–Crippen MR) is 71.1 cm³/mol. The quantitative estimate of drug-likeness (QED) is 0.904. The van der Waals surface area contributed by atoms with Gasteiger partial charge in [-0.1, -0.05) is 13.3 Å². The summed E-state index contributed by atoms with van der Waals surface area (Å²) in [6.07, 6.45) is 7.00. The van der Waals surface area contributed by atoms with Gasteiger partial charge in [-0.05, 0) is 38.2 Å². The van der Waals surface area contributed by atoms with E-state index < -0.39 is 11.6 Å². The first-order chi connectivity index (χ1) is 9.06. The highest BCUT2D eigenvalue weighted by molar-refractivity contribution is 5.81. The van der Waals surface area contributed by atoms with Crippen LogP contribution in [0.4, 0.5) is 0 Å². The second kappa shape index (κ2) is 5.43. The summed E-state index contributed by atoms with van der Waals surface area (Å²) in [6, 6.07) is 3.71. The van der Waals surface area contributed by atoms with Gasteiger partial charge in [0, 0.05) is 12.4 Å². The van der Waals surface area contributed by atoms with Crippen LogP contribution >= 0.6 is 0 Å². The molecule has 0 spiro atoms. The summed E-state index contributed by atoms with van der Waals surface area (Å²) in [5.74, 6) is 0.341. The first kappa shape index (κ1) is 13.6. The second-order valence-electron chi connectivity index (χ2n) is 5.55. The van der Waals surface area contributed by atoms with E-state index >= 15 is 0 Å². The molecule has 1 fully saturated rings. The summed E-state index contributed by atoms with van der Waals surface area (Å²) in [4.78, 5) is 12.3. The largest absolute Gasteiger partial charge is 0.336 e. The van der Waals surface area contributed by atoms with Crippen molar-refractivity contribution in [2.45, 2.75) is 51.1 Å². The number of hydrogen-bond donors (Lipinski definition) is 1. The van der Waals surface area contributed by atoms with Crippen molar-refractivity contribution in [2.24, 2.45) is 5.92 Å². The maximum absolute atomic E-state index is 12.3. The molecule has 19 heavy (non-hydrogen) atoms. The monoisotopic (exact) mass is 260 g/mol. The van der Waals surface area contributed by atoms with Crippen LogP contribution < -0.4 is 5.32 Å². The Morgan fingerprint density at radius 2 is 2.47 bits per heavy atom. The molecule has 1 heterocycles. The van der Waals surface area contributed by atoms with Crippen LogP contribution in [0, 0.1) is 17.2 Å². The van der Waals surface area contributed by atoms with E-state index in [0.717, 1.165) is 25.7 Å². The fourth-order valence-electron chi connectivity index (χ4n) is 2.76. The van der Waals surface area contributed by atoms with E-state index in [-0.39, 0.29) is 5.91 Å². The molecule has 5 nitrogen and oxygen atoms in total. The molecule has 1 aliphatic rings. The summed E-state index contributed by atoms with van der Waals surface area (Å²) in [7, 11) is 0. The van der Waals surface area contributed by atoms with Gasteiger partial charge in [-0.25, -0.2) is 0 Å². The third-order valence-corrected chi connectivity index (χ3v) is 3.88. The topological polar surface area (TPSA) is 70.7 Å². The number of nitrogens with one attached hydrogen (secondary N) is 1. The van der Waals surface area contributed by atoms with E-state index in [1.807, 2.05) is 0 Å². The second-order valence-corrected chi connectivity index (χ2v) is 5.55. The first-order valence-electron chi connectivity index (χ1n) is 6.79. The Kier molecular flexibility index (Phi) is 3.89. The molecule has 1 aromatic rings. The highest BCUT2D eigenvalue weighted by Gasteiger charge is 2.37. The number of carbonyl (C=O) groups excluding carboxylic acids is 1. The molecule has 0 aromatic carbocycles. The van der Waals surface area contributed by atoms with E-state index in [4.69, 9.17) is 0 Å². The summed E-state index contributed by atoms with van der Waals surface area (Å²) in [6.45, 7) is 3.92. The summed E-state index contributed by atoms with van der Waals surface area (Å²) >= 11 is 0. The van der Waals surface area contributed by atoms with Crippen molar-refractivity contribution in [2.75, 3.05) is 0 Å². The van der Waals surface area contributed by atoms with Crippen molar-refractivity contribution < 1.29 is 4.79 Å². The van der Waals surface area contributed by atoms with Crippen molar-refractivity contribution in [1.29, 1.82) is 5.26 Å². The summed E-state index contributed by atoms with van der Waals surface area (Å²) in [5.41, 5.74) is -0.698. The van der Waals surface area contributed by atoms with Gasteiger partial charge in [0.1, 0.15) is 11.6 Å². The molecule has 1 aliphatic carbocycles. The van der Waals surface area contributed by atoms with Crippen LogP contribution in [0.2, 0.25) is 0 Å². The molecular weight excluding hydrogens is 240 g/mol. The average Bonchev–Trinajstić information content (AvgIpc) is 2.91. The first-order valence-corrected chi connectivity index (χ1v) is 6.79. The van der Waals surface area contributed by atoms with Gasteiger partial charge in [0.05, 0.1) is 6.07 Å². The zero-order valence-corrected chi connectivity index (χ0v) is 11.5. The third-order valence-electron chi connectivity index (χ3n) is 3.88. The lowest BCUT2D eigenvalue weighted by molar-refractivity contribution is -0.126. The van der Waals surface area contributed by atoms with Crippen LogP contribution in [0.1, 0.15) is 45.6 Å². The molecule has 1 aromatic heterocycles. The molecule has 3 atom stereocenters. The number of hydrogen-bond acceptors (Lipinski definition) is 3. The highest BCUT2D eigenvalue weighted by atomic mass is 16.2. The van der Waals surface area contributed by atoms with Crippen molar-refractivity contribution in [1.82, 2.24) is 15.1 Å². The van der Waals surface area contributed by atoms with Gasteiger partial charge in [-0.3, -0.25) is 9.48 Å². The molecule has 5 heteroatoms. The van der Waals surface area contributed by atoms with Crippen LogP contribution in [0.5, 0.6) is 0 Å². The highest BCUT2D eigenvalue weighted by Crippen LogP contribution is 2.32. The lowest BCUT2D eigenvalue weighted by Gasteiger charge is -2.35. The van der Waals surface area contributed by atoms with Gasteiger partial charge in [-0.2, -0.15) is 10.4 Å². The number of nitriles is 1. The molecule has 0 unspecified atom stereocenters. The molecule has 1 saturated carbocycles. The Balaban J connectivity index is 2.06. The molecule has 102 valence electrons. The number of carbonyl (C=O) groups is 1. The van der Waals surface area contributed by atoms with E-state index in [2.05, 4.69) is 23.4 Å². The van der Waals surface area contributed by atoms with Gasteiger partial charge < -0.3 is 5.32 Å². The average molecular weight is 260 g/mol. The van der Waals surface area contributed by atoms with E-state index in [0.29, 0.717) is 5.92 Å². The Bertz CT molecular complexity index is 476. The summed E-state index contributed by atoms with van der Waals surface area (Å²) < 4.78 is 1.60. The summed E-state index contributed by atoms with van der Waals surface area (Å²) in [5, 5.41) is 16.4. The van der Waals surface area contributed by atoms with Gasteiger partial charge >= 0.3 is 0 Å². The minimum absolute atomic E-state index is 0.139. The molecule has 0 saturated heterocycles. The van der Waals surface area contributed by atoms with Crippen molar-refractivity contribution in [3.8, 4) is 6.07 Å². The van der Waals surface area contributed by atoms with Crippen LogP contribution in [-0.4, -0.2) is 21.2 Å². The molecule has 1 N–H and O–H groups in total. The van der Waals surface area contributed by atoms with Crippen LogP contribution in [-0.2, 0) is 4.79 Å². The number of amides is 1. The molecule has 2 rings (SSSR count). The van der Waals surface area contributed by atoms with Gasteiger partial charge in [0.2, 0.25) is 5.91 Å². The minimum atomic E-state index is -0.698. The lowest BCUT2D eigenvalue weighted by Crippen LogP contribution is -2.51. The van der Waals surface area contributed by atoms with Gasteiger partial charge in [0.15, 0.2) is 0 Å². The SMILES string of the molecule is C[C@@H]1CCC[C@](C#N)(NC(=O)[C@H](C)n2cccn2)C1. The van der Waals surface area contributed by atoms with Gasteiger partial charge in [-0.15, -0.1) is 0 Å². The molecular formula is C14H20N4O. The predicted octanol–water partition coefficient (Wildman–Crippen LogP) is 2.03. The van der Waals surface area contributed by atoms with Crippen LogP contribution in [0.25, 0.3) is 0 Å². The standard InChI is InChI=1S/C14H20N4O/c1-11-5-3-6-14(9-11,10-15)17-13(19)12(2)18-8-4-7-16-18/h4,7-8,11-12H,3,5-6,9H2,1-2H3,(H,17,19)/t11-,12+,14+/m1/s1. The number of rotatable bonds is 3. The lowest BCUT2D eigenvalue weighted by atomic mass is 9.77. The number of aromatic nitrogens is 2. The maximum atomic E-state index is 12.3. The van der Waals surface area contributed by atoms with Crippen molar-refractivity contribution in [3.63, 3.8) is 0 Å². The maximum Gasteiger partial charge on any atom is 0.245 e. The van der Waals surface area contributed by atoms with E-state index in [1.54, 1.807) is 30.1 Å². The molecule has 0 aliphatic heterocycles. The third kappa shape index (κ3) is 2.95. The normalized spacial score (nSPS) is 28.4. The Labute approximate surface area is 113 Å². The Hall–Kier alpha value is -1.83. The zero-order chi connectivity index (χ0) is 13.9. The van der Waals surface area contributed by atoms with Gasteiger partial charge in [0.25, 0.3) is 0 Å². The Morgan fingerprint density at radius 3 is 3.05 bits per heavy atom. The molecule has 0 radical (unpaired) electrons. The zero-order valence-electron chi connectivity index (χ0n) is 11.5. The van der Waals surface area contributed by atoms with Crippen molar-refractivity contribution >= 4 is 5.91 Å². The smallest absolute Gasteiger partial charge is 0.245 e. The van der Waals surface area contributed by atoms with Crippen molar-refractivity contribution in [3.05, 3.63) is 18.5 Å². The molecule has 1 amide bonds.